The van der Waals surface area contributed by atoms with Crippen molar-refractivity contribution in [1.82, 2.24) is 4.67 Å². The second-order valence-electron chi connectivity index (χ2n) is 15.7. The summed E-state index contributed by atoms with van der Waals surface area (Å²) in [4.78, 5) is 0. The maximum atomic E-state index is 11.0. The Hall–Kier alpha value is -7.45. The smallest absolute Gasteiger partial charge is 0.384 e. The molecule has 2 N–H and O–H groups in total. The van der Waals surface area contributed by atoms with Crippen molar-refractivity contribution in [3.63, 3.8) is 0 Å². The quantitative estimate of drug-likeness (QED) is 0.157. The molecule has 5 aliphatic heterocycles. The third-order valence-electron chi connectivity index (χ3n) is 12.2. The molecule has 8 aromatic carbocycles. The monoisotopic (exact) mass is 833 g/mol. The maximum Gasteiger partial charge on any atom is 0.384 e. The number of benzene rings is 8. The number of aromatic hydroxyl groups is 2. The van der Waals surface area contributed by atoms with Crippen molar-refractivity contribution in [3.8, 4) is 69.0 Å². The molecule has 302 valence electrons. The Morgan fingerprint density at radius 2 is 0.613 bits per heavy atom. The highest BCUT2D eigenvalue weighted by Gasteiger charge is 2.56. The van der Waals surface area contributed by atoms with Gasteiger partial charge in [-0.25, -0.2) is 4.67 Å². The molecule has 0 saturated carbocycles. The summed E-state index contributed by atoms with van der Waals surface area (Å²) >= 11 is 0. The lowest BCUT2D eigenvalue weighted by Gasteiger charge is -2.47. The van der Waals surface area contributed by atoms with Crippen LogP contribution in [-0.2, 0) is 10.8 Å². The highest BCUT2D eigenvalue weighted by molar-refractivity contribution is 7.45. The van der Waals surface area contributed by atoms with Gasteiger partial charge in [0.15, 0.2) is 0 Å². The van der Waals surface area contributed by atoms with Crippen LogP contribution in [0.4, 0.5) is 0 Å². The van der Waals surface area contributed by atoms with Crippen LogP contribution >= 0.6 is 8.53 Å². The van der Waals surface area contributed by atoms with E-state index in [0.717, 1.165) is 67.9 Å². The van der Waals surface area contributed by atoms with Crippen LogP contribution in [0, 0.1) is 0 Å². The van der Waals surface area contributed by atoms with Gasteiger partial charge in [0, 0.05) is 22.3 Å². The minimum absolute atomic E-state index is 0.0999. The molecule has 5 heterocycles. The molecule has 9 nitrogen and oxygen atoms in total. The molecule has 10 heteroatoms. The van der Waals surface area contributed by atoms with Crippen molar-refractivity contribution < 1.29 is 38.2 Å². The fourth-order valence-electron chi connectivity index (χ4n) is 9.95. The summed E-state index contributed by atoms with van der Waals surface area (Å²) in [7, 11) is 2.53. The van der Waals surface area contributed by atoms with Gasteiger partial charge in [-0.15, -0.1) is 0 Å². The lowest BCUT2D eigenvalue weighted by atomic mass is 9.62. The van der Waals surface area contributed by atoms with Crippen molar-refractivity contribution in [1.29, 1.82) is 0 Å². The van der Waals surface area contributed by atoms with Gasteiger partial charge in [0.25, 0.3) is 0 Å². The fourth-order valence-corrected chi connectivity index (χ4v) is 11.0. The Bertz CT molecular complexity index is 2940. The SMILES string of the molecule is CN(C)P1Oc2cccc3c2C2(c4ccccc4O3)c3ccccc3Oc3cccc(c32)O1.Oc1cccc2c1C1(c3ccccc3O2)c2ccccc2Oc2cccc(O)c21. The summed E-state index contributed by atoms with van der Waals surface area (Å²) in [6, 6.07) is 54.4. The van der Waals surface area contributed by atoms with Gasteiger partial charge < -0.3 is 38.2 Å². The highest BCUT2D eigenvalue weighted by atomic mass is 31.2. The number of fused-ring (bicyclic) bond motifs is 10. The van der Waals surface area contributed by atoms with Crippen LogP contribution in [-0.4, -0.2) is 29.0 Å². The summed E-state index contributed by atoms with van der Waals surface area (Å²) in [5.74, 6) is 7.34. The van der Waals surface area contributed by atoms with Crippen LogP contribution in [0.2, 0.25) is 0 Å². The molecule has 0 aromatic heterocycles. The normalized spacial score (nSPS) is 15.5. The van der Waals surface area contributed by atoms with E-state index >= 15 is 0 Å². The molecule has 5 aliphatic rings. The predicted octanol–water partition coefficient (Wildman–Crippen LogP) is 12.5. The molecule has 0 radical (unpaired) electrons. The van der Waals surface area contributed by atoms with E-state index in [1.807, 2.05) is 140 Å². The zero-order valence-corrected chi connectivity index (χ0v) is 34.3. The van der Waals surface area contributed by atoms with E-state index in [4.69, 9.17) is 28.0 Å². The van der Waals surface area contributed by atoms with Crippen LogP contribution < -0.4 is 28.0 Å². The van der Waals surface area contributed by atoms with Crippen LogP contribution in [0.3, 0.4) is 0 Å². The van der Waals surface area contributed by atoms with Gasteiger partial charge in [0.2, 0.25) is 0 Å². The van der Waals surface area contributed by atoms with E-state index in [0.29, 0.717) is 34.1 Å². The van der Waals surface area contributed by atoms with Gasteiger partial charge in [-0.3, -0.25) is 0 Å². The van der Waals surface area contributed by atoms with Crippen molar-refractivity contribution in [2.24, 2.45) is 0 Å². The van der Waals surface area contributed by atoms with E-state index in [1.54, 1.807) is 24.3 Å². The van der Waals surface area contributed by atoms with Crippen molar-refractivity contribution >= 4 is 8.53 Å². The van der Waals surface area contributed by atoms with Gasteiger partial charge in [-0.1, -0.05) is 97.1 Å². The zero-order chi connectivity index (χ0) is 41.7. The number of para-hydroxylation sites is 4. The van der Waals surface area contributed by atoms with Gasteiger partial charge in [0.05, 0.1) is 33.1 Å². The molecule has 0 unspecified atom stereocenters. The average Bonchev–Trinajstić information content (AvgIpc) is 3.28. The minimum Gasteiger partial charge on any atom is -0.507 e. The second-order valence-corrected chi connectivity index (χ2v) is 17.4. The zero-order valence-electron chi connectivity index (χ0n) is 33.4. The Kier molecular flexibility index (Phi) is 7.94. The highest BCUT2D eigenvalue weighted by Crippen LogP contribution is 2.68. The van der Waals surface area contributed by atoms with Crippen molar-refractivity contribution in [3.05, 3.63) is 214 Å². The lowest BCUT2D eigenvalue weighted by molar-refractivity contribution is 0.359. The van der Waals surface area contributed by atoms with E-state index in [2.05, 4.69) is 24.3 Å². The minimum atomic E-state index is -1.39. The molecule has 0 fully saturated rings. The van der Waals surface area contributed by atoms with E-state index in [1.165, 1.54) is 0 Å². The summed E-state index contributed by atoms with van der Waals surface area (Å²) in [6.07, 6.45) is 0. The molecule has 2 spiro atoms. The number of ether oxygens (including phenoxy) is 4. The van der Waals surface area contributed by atoms with Crippen LogP contribution in [0.15, 0.2) is 170 Å². The van der Waals surface area contributed by atoms with E-state index < -0.39 is 19.4 Å². The van der Waals surface area contributed by atoms with Crippen LogP contribution in [0.25, 0.3) is 0 Å². The number of rotatable bonds is 1. The second kappa shape index (κ2) is 13.5. The predicted molar refractivity (Wildman–Crippen MR) is 235 cm³/mol. The summed E-state index contributed by atoms with van der Waals surface area (Å²) in [5, 5.41) is 22.1. The average molecular weight is 834 g/mol. The standard InChI is InChI=1S/C27H20NO4P.C25H16O4/c1-28(2)33-31-23-15-7-13-21-25(23)27(17-9-3-5-11-19(17)29-21)18-10-4-6-12-20(18)30-22-14-8-16-24(32-33)26(22)27;26-17-9-5-13-21-23(17)25(15-7-1-3-11-19(15)28-21)16-8-2-4-12-20(16)29-22-14-6-10-18(27)24(22)25/h3-16H,1-2H3;1-14,26-27H. The van der Waals surface area contributed by atoms with E-state index in [9.17, 15) is 10.2 Å². The Balaban J connectivity index is 0.000000133. The first kappa shape index (κ1) is 36.4. The summed E-state index contributed by atoms with van der Waals surface area (Å²) < 4.78 is 40.4. The molecule has 0 aliphatic carbocycles. The number of hydrogen-bond donors (Lipinski definition) is 2. The molecule has 0 amide bonds. The number of hydrogen-bond acceptors (Lipinski definition) is 9. The Morgan fingerprint density at radius 3 is 0.968 bits per heavy atom. The topological polar surface area (TPSA) is 99.1 Å². The van der Waals surface area contributed by atoms with Gasteiger partial charge in [-0.05, 0) is 86.9 Å². The maximum absolute atomic E-state index is 11.0. The van der Waals surface area contributed by atoms with Crippen molar-refractivity contribution in [2.75, 3.05) is 14.1 Å². The van der Waals surface area contributed by atoms with Gasteiger partial charge in [-0.2, -0.15) is 0 Å². The van der Waals surface area contributed by atoms with E-state index in [-0.39, 0.29) is 11.5 Å². The van der Waals surface area contributed by atoms with Crippen LogP contribution in [0.1, 0.15) is 44.5 Å². The lowest BCUT2D eigenvalue weighted by Crippen LogP contribution is -2.38. The van der Waals surface area contributed by atoms with Gasteiger partial charge in [0.1, 0.15) is 69.0 Å². The molecule has 13 rings (SSSR count). The number of phenols is 2. The molecular weight excluding hydrogens is 798 g/mol. The molecule has 62 heavy (non-hydrogen) atoms. The Labute approximate surface area is 358 Å². The Morgan fingerprint density at radius 1 is 0.339 bits per heavy atom. The van der Waals surface area contributed by atoms with Crippen LogP contribution in [0.5, 0.6) is 69.0 Å². The summed E-state index contributed by atoms with van der Waals surface area (Å²) in [5.41, 5.74) is 5.21. The largest absolute Gasteiger partial charge is 0.507 e. The molecule has 8 aromatic rings. The number of nitrogens with zero attached hydrogens (tertiary/aromatic N) is 1. The third-order valence-corrected chi connectivity index (χ3v) is 13.6. The fraction of sp³-hybridized carbons (Fsp3) is 0.0769. The molecule has 0 bridgehead atoms. The first-order chi connectivity index (χ1) is 30.4. The van der Waals surface area contributed by atoms with Gasteiger partial charge >= 0.3 is 8.53 Å². The molecular formula is C52H36NO8P. The first-order valence-electron chi connectivity index (χ1n) is 20.2. The first-order valence-corrected chi connectivity index (χ1v) is 21.4. The molecule has 0 atom stereocenters. The summed E-state index contributed by atoms with van der Waals surface area (Å²) in [6.45, 7) is 0. The molecule has 0 saturated heterocycles. The van der Waals surface area contributed by atoms with Crippen molar-refractivity contribution in [2.45, 2.75) is 10.8 Å². The number of phenolic OH excluding ortho intramolecular Hbond substituents is 2. The third kappa shape index (κ3) is 4.92.